The van der Waals surface area contributed by atoms with E-state index >= 15 is 0 Å². The van der Waals surface area contributed by atoms with Gasteiger partial charge in [-0.05, 0) is 80.8 Å². The fourth-order valence-electron chi connectivity index (χ4n) is 4.56. The van der Waals surface area contributed by atoms with Crippen LogP contribution in [-0.2, 0) is 9.59 Å². The third-order valence-corrected chi connectivity index (χ3v) is 7.20. The molecule has 1 aromatic heterocycles. The largest absolute Gasteiger partial charge is 0.342 e. The molecule has 0 unspecified atom stereocenters. The minimum Gasteiger partial charge on any atom is -0.342 e. The van der Waals surface area contributed by atoms with Gasteiger partial charge in [-0.15, -0.1) is 0 Å². The molecule has 0 bridgehead atoms. The van der Waals surface area contributed by atoms with Crippen molar-refractivity contribution in [2.24, 2.45) is 10.1 Å². The number of rotatable bonds is 4. The zero-order valence-corrected chi connectivity index (χ0v) is 20.3. The topological polar surface area (TPSA) is 94.1 Å². The number of benzene rings is 1. The molecule has 3 aliphatic heterocycles. The van der Waals surface area contributed by atoms with Crippen LogP contribution in [0.15, 0.2) is 46.0 Å². The number of amidine groups is 2. The SMILES string of the molecule is Cc1cccc(-n2c(C)cc(C=C3C(=N)N4N=C(CC(=O)N5CCCC5)SC4=NC3=O)c2C)c1. The van der Waals surface area contributed by atoms with Crippen LogP contribution in [0.5, 0.6) is 0 Å². The number of carbonyl (C=O) groups is 2. The first-order valence-corrected chi connectivity index (χ1v) is 12.2. The zero-order valence-electron chi connectivity index (χ0n) is 19.5. The van der Waals surface area contributed by atoms with E-state index in [0.717, 1.165) is 48.6 Å². The first kappa shape index (κ1) is 22.3. The van der Waals surface area contributed by atoms with Gasteiger partial charge in [-0.1, -0.05) is 12.1 Å². The van der Waals surface area contributed by atoms with E-state index in [4.69, 9.17) is 5.41 Å². The number of amides is 2. The molecule has 9 heteroatoms. The molecule has 0 radical (unpaired) electrons. The normalized spacial score (nSPS) is 19.1. The lowest BCUT2D eigenvalue weighted by Gasteiger charge is -2.20. The molecule has 2 amide bonds. The molecule has 4 heterocycles. The molecule has 8 nitrogen and oxygen atoms in total. The maximum atomic E-state index is 12.8. The van der Waals surface area contributed by atoms with E-state index in [2.05, 4.69) is 39.8 Å². The van der Waals surface area contributed by atoms with Gasteiger partial charge in [-0.2, -0.15) is 15.1 Å². The third kappa shape index (κ3) is 4.00. The van der Waals surface area contributed by atoms with Crippen LogP contribution in [0.25, 0.3) is 11.8 Å². The van der Waals surface area contributed by atoms with Gasteiger partial charge in [0.2, 0.25) is 11.1 Å². The van der Waals surface area contributed by atoms with Gasteiger partial charge < -0.3 is 9.47 Å². The molecule has 0 saturated carbocycles. The number of aliphatic imine (C=N–C) groups is 1. The number of aromatic nitrogens is 1. The van der Waals surface area contributed by atoms with E-state index in [-0.39, 0.29) is 23.7 Å². The van der Waals surface area contributed by atoms with E-state index in [9.17, 15) is 9.59 Å². The molecule has 1 fully saturated rings. The van der Waals surface area contributed by atoms with Crippen LogP contribution in [0.1, 0.15) is 41.8 Å². The average molecular weight is 475 g/mol. The second-order valence-electron chi connectivity index (χ2n) is 8.78. The van der Waals surface area contributed by atoms with Gasteiger partial charge in [-0.3, -0.25) is 15.0 Å². The number of hydrogen-bond donors (Lipinski definition) is 1. The van der Waals surface area contributed by atoms with Crippen LogP contribution >= 0.6 is 11.8 Å². The Morgan fingerprint density at radius 1 is 1.18 bits per heavy atom. The van der Waals surface area contributed by atoms with E-state index in [1.807, 2.05) is 30.9 Å². The minimum absolute atomic E-state index is 0.0218. The number of aryl methyl sites for hydroxylation is 2. The molecular weight excluding hydrogens is 448 g/mol. The number of thioether (sulfide) groups is 1. The van der Waals surface area contributed by atoms with Gasteiger partial charge >= 0.3 is 0 Å². The molecule has 0 spiro atoms. The molecule has 1 aromatic carbocycles. The summed E-state index contributed by atoms with van der Waals surface area (Å²) in [4.78, 5) is 31.4. The lowest BCUT2D eigenvalue weighted by Crippen LogP contribution is -2.35. The lowest BCUT2D eigenvalue weighted by atomic mass is 10.1. The molecule has 174 valence electrons. The standard InChI is InChI=1S/C25H26N6O2S/c1-15-7-6-8-19(11-15)30-16(2)12-18(17(30)3)13-20-23(26)31-25(27-24(20)33)34-21(28-31)14-22(32)29-9-4-5-10-29/h6-8,11-13,26H,4-5,9-10,14H2,1-3H3. The minimum atomic E-state index is -0.466. The monoisotopic (exact) mass is 474 g/mol. The van der Waals surface area contributed by atoms with Crippen LogP contribution in [0, 0.1) is 26.2 Å². The molecule has 1 N–H and O–H groups in total. The predicted octanol–water partition coefficient (Wildman–Crippen LogP) is 4.03. The van der Waals surface area contributed by atoms with Gasteiger partial charge in [0.05, 0.1) is 12.0 Å². The first-order valence-electron chi connectivity index (χ1n) is 11.3. The van der Waals surface area contributed by atoms with Crippen molar-refractivity contribution in [3.63, 3.8) is 0 Å². The number of nitrogens with one attached hydrogen (secondary N) is 1. The molecule has 2 aromatic rings. The Balaban J connectivity index is 1.42. The Kier molecular flexibility index (Phi) is 5.73. The lowest BCUT2D eigenvalue weighted by molar-refractivity contribution is -0.128. The summed E-state index contributed by atoms with van der Waals surface area (Å²) in [5.41, 5.74) is 5.27. The Morgan fingerprint density at radius 3 is 2.68 bits per heavy atom. The Labute approximate surface area is 202 Å². The fourth-order valence-corrected chi connectivity index (χ4v) is 5.44. The summed E-state index contributed by atoms with van der Waals surface area (Å²) >= 11 is 1.19. The van der Waals surface area contributed by atoms with Crippen molar-refractivity contribution in [3.8, 4) is 5.69 Å². The summed E-state index contributed by atoms with van der Waals surface area (Å²) in [5, 5.41) is 15.4. The van der Waals surface area contributed by atoms with Gasteiger partial charge in [0.1, 0.15) is 5.04 Å². The number of fused-ring (bicyclic) bond motifs is 1. The predicted molar refractivity (Wildman–Crippen MR) is 135 cm³/mol. The molecule has 34 heavy (non-hydrogen) atoms. The van der Waals surface area contributed by atoms with Gasteiger partial charge in [0.15, 0.2) is 5.84 Å². The van der Waals surface area contributed by atoms with Gasteiger partial charge in [0.25, 0.3) is 5.91 Å². The highest BCUT2D eigenvalue weighted by molar-refractivity contribution is 8.27. The Bertz CT molecular complexity index is 1310. The van der Waals surface area contributed by atoms with Crippen LogP contribution in [0.3, 0.4) is 0 Å². The van der Waals surface area contributed by atoms with E-state index in [1.165, 1.54) is 22.3 Å². The second kappa shape index (κ2) is 8.72. The summed E-state index contributed by atoms with van der Waals surface area (Å²) < 4.78 is 2.14. The number of likely N-dealkylation sites (tertiary alicyclic amines) is 1. The summed E-state index contributed by atoms with van der Waals surface area (Å²) in [6, 6.07) is 10.2. The van der Waals surface area contributed by atoms with Crippen molar-refractivity contribution in [1.82, 2.24) is 14.5 Å². The summed E-state index contributed by atoms with van der Waals surface area (Å²) in [6.07, 6.45) is 3.94. The maximum absolute atomic E-state index is 12.8. The van der Waals surface area contributed by atoms with Crippen molar-refractivity contribution in [2.75, 3.05) is 13.1 Å². The molecule has 0 aliphatic carbocycles. The Morgan fingerprint density at radius 2 is 1.94 bits per heavy atom. The van der Waals surface area contributed by atoms with Crippen LogP contribution < -0.4 is 0 Å². The van der Waals surface area contributed by atoms with E-state index in [0.29, 0.717) is 10.2 Å². The van der Waals surface area contributed by atoms with Crippen LogP contribution in [0.4, 0.5) is 0 Å². The molecule has 3 aliphatic rings. The molecule has 1 saturated heterocycles. The Hall–Kier alpha value is -3.46. The van der Waals surface area contributed by atoms with Crippen molar-refractivity contribution in [1.29, 1.82) is 5.41 Å². The number of nitrogens with zero attached hydrogens (tertiary/aromatic N) is 5. The van der Waals surface area contributed by atoms with Crippen molar-refractivity contribution in [3.05, 3.63) is 58.4 Å². The van der Waals surface area contributed by atoms with E-state index in [1.54, 1.807) is 6.08 Å². The average Bonchev–Trinajstić information content (AvgIpc) is 3.51. The smallest absolute Gasteiger partial charge is 0.283 e. The van der Waals surface area contributed by atoms with Crippen LogP contribution in [-0.4, -0.2) is 55.4 Å². The summed E-state index contributed by atoms with van der Waals surface area (Å²) in [5.74, 6) is -0.459. The molecule has 5 rings (SSSR count). The zero-order chi connectivity index (χ0) is 24.0. The highest BCUT2D eigenvalue weighted by atomic mass is 32.2. The van der Waals surface area contributed by atoms with Crippen LogP contribution in [0.2, 0.25) is 0 Å². The van der Waals surface area contributed by atoms with Crippen molar-refractivity contribution in [2.45, 2.75) is 40.0 Å². The number of hydrazone groups is 1. The first-order chi connectivity index (χ1) is 16.3. The second-order valence-corrected chi connectivity index (χ2v) is 9.82. The molecular formula is C25H26N6O2S. The van der Waals surface area contributed by atoms with E-state index < -0.39 is 5.91 Å². The maximum Gasteiger partial charge on any atom is 0.283 e. The fraction of sp³-hybridized carbons (Fsp3) is 0.320. The highest BCUT2D eigenvalue weighted by Gasteiger charge is 2.36. The van der Waals surface area contributed by atoms with Gasteiger partial charge in [-0.25, -0.2) is 0 Å². The third-order valence-electron chi connectivity index (χ3n) is 6.29. The summed E-state index contributed by atoms with van der Waals surface area (Å²) in [7, 11) is 0. The number of carbonyl (C=O) groups excluding carboxylic acids is 2. The summed E-state index contributed by atoms with van der Waals surface area (Å²) in [6.45, 7) is 7.64. The quantitative estimate of drug-likeness (QED) is 0.677. The molecule has 0 atom stereocenters. The van der Waals surface area contributed by atoms with Crippen molar-refractivity contribution >= 4 is 45.7 Å². The number of hydrogen-bond acceptors (Lipinski definition) is 5. The van der Waals surface area contributed by atoms with Gasteiger partial charge in [0, 0.05) is 30.2 Å². The highest BCUT2D eigenvalue weighted by Crippen LogP contribution is 2.31. The van der Waals surface area contributed by atoms with Crippen molar-refractivity contribution < 1.29 is 9.59 Å².